The van der Waals surface area contributed by atoms with Gasteiger partial charge in [0.15, 0.2) is 6.29 Å². The summed E-state index contributed by atoms with van der Waals surface area (Å²) in [6.07, 6.45) is 3.82. The normalized spacial score (nSPS) is 20.7. The van der Waals surface area contributed by atoms with Crippen molar-refractivity contribution in [3.63, 3.8) is 0 Å². The predicted octanol–water partition coefficient (Wildman–Crippen LogP) is 3.88. The van der Waals surface area contributed by atoms with Gasteiger partial charge in [0.25, 0.3) is 0 Å². The van der Waals surface area contributed by atoms with Crippen LogP contribution in [-0.4, -0.2) is 19.5 Å². The second kappa shape index (κ2) is 7.49. The van der Waals surface area contributed by atoms with E-state index in [4.69, 9.17) is 21.1 Å². The standard InChI is InChI=1S/C15H18ClNO2/c16-14-6-4-12(5-7-14)13(11-17)8-10-19-15-3-1-2-9-18-15/h4-7,13,15H,1-3,8-10H2. The molecule has 0 N–H and O–H groups in total. The van der Waals surface area contributed by atoms with E-state index in [9.17, 15) is 5.26 Å². The van der Waals surface area contributed by atoms with Crippen molar-refractivity contribution in [2.75, 3.05) is 13.2 Å². The summed E-state index contributed by atoms with van der Waals surface area (Å²) in [4.78, 5) is 0. The average molecular weight is 280 g/mol. The highest BCUT2D eigenvalue weighted by atomic mass is 35.5. The van der Waals surface area contributed by atoms with E-state index in [-0.39, 0.29) is 12.2 Å². The SMILES string of the molecule is N#CC(CCOC1CCCCO1)c1ccc(Cl)cc1. The van der Waals surface area contributed by atoms with Crippen LogP contribution in [0.1, 0.15) is 37.2 Å². The lowest BCUT2D eigenvalue weighted by Gasteiger charge is -2.23. The maximum Gasteiger partial charge on any atom is 0.157 e. The van der Waals surface area contributed by atoms with Crippen molar-refractivity contribution in [2.45, 2.75) is 37.9 Å². The third-order valence-corrected chi connectivity index (χ3v) is 3.53. The molecule has 0 saturated carbocycles. The largest absolute Gasteiger partial charge is 0.353 e. The van der Waals surface area contributed by atoms with Gasteiger partial charge in [-0.2, -0.15) is 5.26 Å². The molecule has 1 aliphatic rings. The van der Waals surface area contributed by atoms with Crippen molar-refractivity contribution in [1.82, 2.24) is 0 Å². The number of nitriles is 1. The fraction of sp³-hybridized carbons (Fsp3) is 0.533. The molecule has 102 valence electrons. The number of hydrogen-bond acceptors (Lipinski definition) is 3. The maximum absolute atomic E-state index is 9.22. The van der Waals surface area contributed by atoms with Crippen molar-refractivity contribution in [3.8, 4) is 6.07 Å². The van der Waals surface area contributed by atoms with E-state index in [0.29, 0.717) is 18.1 Å². The van der Waals surface area contributed by atoms with Gasteiger partial charge in [0.2, 0.25) is 0 Å². The highest BCUT2D eigenvalue weighted by Gasteiger charge is 2.16. The van der Waals surface area contributed by atoms with E-state index in [1.54, 1.807) is 0 Å². The number of rotatable bonds is 5. The molecule has 1 heterocycles. The van der Waals surface area contributed by atoms with Crippen LogP contribution < -0.4 is 0 Å². The van der Waals surface area contributed by atoms with Gasteiger partial charge < -0.3 is 9.47 Å². The van der Waals surface area contributed by atoms with Gasteiger partial charge in [0.05, 0.1) is 18.6 Å². The lowest BCUT2D eigenvalue weighted by atomic mass is 9.98. The zero-order valence-electron chi connectivity index (χ0n) is 10.8. The molecular weight excluding hydrogens is 262 g/mol. The predicted molar refractivity (Wildman–Crippen MR) is 74.0 cm³/mol. The van der Waals surface area contributed by atoms with Gasteiger partial charge in [-0.3, -0.25) is 0 Å². The summed E-state index contributed by atoms with van der Waals surface area (Å²) in [5.74, 6) is -0.152. The van der Waals surface area contributed by atoms with Gasteiger partial charge in [0.1, 0.15) is 0 Å². The van der Waals surface area contributed by atoms with Crippen LogP contribution in [-0.2, 0) is 9.47 Å². The third kappa shape index (κ3) is 4.50. The Kier molecular flexibility index (Phi) is 5.65. The van der Waals surface area contributed by atoms with Gasteiger partial charge in [-0.1, -0.05) is 23.7 Å². The van der Waals surface area contributed by atoms with E-state index in [1.807, 2.05) is 24.3 Å². The summed E-state index contributed by atoms with van der Waals surface area (Å²) < 4.78 is 11.2. The first-order chi connectivity index (χ1) is 9.29. The molecule has 0 amide bonds. The summed E-state index contributed by atoms with van der Waals surface area (Å²) in [6.45, 7) is 1.33. The second-order valence-electron chi connectivity index (χ2n) is 4.69. The lowest BCUT2D eigenvalue weighted by molar-refractivity contribution is -0.162. The first-order valence-corrected chi connectivity index (χ1v) is 7.05. The first-order valence-electron chi connectivity index (χ1n) is 6.68. The Hall–Kier alpha value is -1.08. The Morgan fingerprint density at radius 1 is 1.37 bits per heavy atom. The van der Waals surface area contributed by atoms with Crippen molar-refractivity contribution in [2.24, 2.45) is 0 Å². The maximum atomic E-state index is 9.22. The molecule has 2 unspecified atom stereocenters. The van der Waals surface area contributed by atoms with Crippen LogP contribution in [0.2, 0.25) is 5.02 Å². The number of ether oxygens (including phenoxy) is 2. The van der Waals surface area contributed by atoms with E-state index in [0.717, 1.165) is 31.4 Å². The Bertz CT molecular complexity index is 421. The van der Waals surface area contributed by atoms with Crippen molar-refractivity contribution in [1.29, 1.82) is 5.26 Å². The van der Waals surface area contributed by atoms with Gasteiger partial charge in [-0.25, -0.2) is 0 Å². The molecule has 4 heteroatoms. The van der Waals surface area contributed by atoms with Crippen molar-refractivity contribution < 1.29 is 9.47 Å². The first kappa shape index (κ1) is 14.3. The molecule has 1 fully saturated rings. The molecule has 1 aromatic carbocycles. The van der Waals surface area contributed by atoms with Crippen molar-refractivity contribution >= 4 is 11.6 Å². The molecule has 0 spiro atoms. The molecular formula is C15H18ClNO2. The summed E-state index contributed by atoms with van der Waals surface area (Å²) in [5.41, 5.74) is 0.986. The van der Waals surface area contributed by atoms with Crippen LogP contribution in [0.4, 0.5) is 0 Å². The number of benzene rings is 1. The highest BCUT2D eigenvalue weighted by Crippen LogP contribution is 2.22. The Balaban J connectivity index is 1.79. The number of halogens is 1. The van der Waals surface area contributed by atoms with Gasteiger partial charge in [0, 0.05) is 11.6 Å². The van der Waals surface area contributed by atoms with Gasteiger partial charge >= 0.3 is 0 Å². The Morgan fingerprint density at radius 3 is 2.79 bits per heavy atom. The van der Waals surface area contributed by atoms with Crippen molar-refractivity contribution in [3.05, 3.63) is 34.9 Å². The lowest BCUT2D eigenvalue weighted by Crippen LogP contribution is -2.23. The van der Waals surface area contributed by atoms with Crippen LogP contribution >= 0.6 is 11.6 Å². The molecule has 0 radical (unpaired) electrons. The molecule has 1 aromatic rings. The van der Waals surface area contributed by atoms with E-state index in [2.05, 4.69) is 6.07 Å². The van der Waals surface area contributed by atoms with Crippen LogP contribution in [0.5, 0.6) is 0 Å². The summed E-state index contributed by atoms with van der Waals surface area (Å²) >= 11 is 5.84. The zero-order valence-corrected chi connectivity index (χ0v) is 11.6. The molecule has 1 saturated heterocycles. The van der Waals surface area contributed by atoms with Gasteiger partial charge in [-0.15, -0.1) is 0 Å². The minimum absolute atomic E-state index is 0.0849. The van der Waals surface area contributed by atoms with E-state index >= 15 is 0 Å². The molecule has 0 aromatic heterocycles. The summed E-state index contributed by atoms with van der Waals surface area (Å²) in [5, 5.41) is 9.90. The number of nitrogens with zero attached hydrogens (tertiary/aromatic N) is 1. The van der Waals surface area contributed by atoms with Gasteiger partial charge in [-0.05, 0) is 43.4 Å². The molecule has 1 aliphatic heterocycles. The molecule has 2 rings (SSSR count). The van der Waals surface area contributed by atoms with Crippen LogP contribution in [0.3, 0.4) is 0 Å². The minimum atomic E-state index is -0.152. The zero-order chi connectivity index (χ0) is 13.5. The summed E-state index contributed by atoms with van der Waals surface area (Å²) in [7, 11) is 0. The fourth-order valence-corrected chi connectivity index (χ4v) is 2.29. The molecule has 3 nitrogen and oxygen atoms in total. The average Bonchev–Trinajstić information content (AvgIpc) is 2.46. The monoisotopic (exact) mass is 279 g/mol. The second-order valence-corrected chi connectivity index (χ2v) is 5.13. The van der Waals surface area contributed by atoms with Crippen LogP contribution in [0.15, 0.2) is 24.3 Å². The third-order valence-electron chi connectivity index (χ3n) is 3.28. The van der Waals surface area contributed by atoms with E-state index < -0.39 is 0 Å². The number of hydrogen-bond donors (Lipinski definition) is 0. The molecule has 2 atom stereocenters. The quantitative estimate of drug-likeness (QED) is 0.821. The Labute approximate surface area is 119 Å². The molecule has 0 bridgehead atoms. The van der Waals surface area contributed by atoms with Crippen LogP contribution in [0, 0.1) is 11.3 Å². The van der Waals surface area contributed by atoms with E-state index in [1.165, 1.54) is 0 Å². The summed E-state index contributed by atoms with van der Waals surface area (Å²) in [6, 6.07) is 9.73. The highest BCUT2D eigenvalue weighted by molar-refractivity contribution is 6.30. The minimum Gasteiger partial charge on any atom is -0.353 e. The smallest absolute Gasteiger partial charge is 0.157 e. The van der Waals surface area contributed by atoms with Crippen LogP contribution in [0.25, 0.3) is 0 Å². The topological polar surface area (TPSA) is 42.2 Å². The molecule has 0 aliphatic carbocycles. The molecule has 19 heavy (non-hydrogen) atoms. The fourth-order valence-electron chi connectivity index (χ4n) is 2.16. The Morgan fingerprint density at radius 2 is 2.16 bits per heavy atom.